The van der Waals surface area contributed by atoms with Gasteiger partial charge in [-0.3, -0.25) is 9.59 Å². The average molecular weight is 531 g/mol. The quantitative estimate of drug-likeness (QED) is 0.420. The van der Waals surface area contributed by atoms with Crippen LogP contribution in [0.1, 0.15) is 73.4 Å². The third kappa shape index (κ3) is 5.39. The van der Waals surface area contributed by atoms with Gasteiger partial charge in [0.2, 0.25) is 0 Å². The van der Waals surface area contributed by atoms with Crippen LogP contribution in [-0.2, 0) is 24.6 Å². The monoisotopic (exact) mass is 530 g/mol. The third-order valence-corrected chi connectivity index (χ3v) is 7.39. The second-order valence-corrected chi connectivity index (χ2v) is 10.9. The fourth-order valence-electron chi connectivity index (χ4n) is 4.28. The van der Waals surface area contributed by atoms with Crippen molar-refractivity contribution in [3.8, 4) is 0 Å². The molecule has 2 N–H and O–H groups in total. The minimum atomic E-state index is -4.69. The number of halogens is 3. The predicted octanol–water partition coefficient (Wildman–Crippen LogP) is 6.21. The molecule has 2 aromatic carbocycles. The summed E-state index contributed by atoms with van der Waals surface area (Å²) in [7, 11) is 0. The van der Waals surface area contributed by atoms with E-state index in [1.165, 1.54) is 17.0 Å². The first-order valence-corrected chi connectivity index (χ1v) is 12.3. The molecule has 2 amide bonds. The highest BCUT2D eigenvalue weighted by atomic mass is 32.1. The maximum absolute atomic E-state index is 13.4. The van der Waals surface area contributed by atoms with Gasteiger partial charge in [0.1, 0.15) is 5.00 Å². The van der Waals surface area contributed by atoms with Crippen molar-refractivity contribution in [1.29, 1.82) is 0 Å². The second kappa shape index (κ2) is 9.66. The number of aromatic carboxylic acids is 1. The predicted molar refractivity (Wildman–Crippen MR) is 134 cm³/mol. The van der Waals surface area contributed by atoms with Crippen LogP contribution in [0.15, 0.2) is 48.5 Å². The van der Waals surface area contributed by atoms with E-state index in [1.54, 1.807) is 12.1 Å². The number of amides is 2. The summed E-state index contributed by atoms with van der Waals surface area (Å²) < 4.78 is 40.3. The number of carbonyl (C=O) groups excluding carboxylic acids is 2. The molecule has 3 aromatic rings. The Labute approximate surface area is 215 Å². The van der Waals surface area contributed by atoms with Crippen LogP contribution in [0.4, 0.5) is 18.2 Å². The normalized spacial score (nSPS) is 13.7. The highest BCUT2D eigenvalue weighted by Gasteiger charge is 2.37. The van der Waals surface area contributed by atoms with Crippen molar-refractivity contribution in [3.05, 3.63) is 86.8 Å². The highest BCUT2D eigenvalue weighted by Crippen LogP contribution is 2.39. The summed E-state index contributed by atoms with van der Waals surface area (Å²) in [6, 6.07) is 11.6. The Morgan fingerprint density at radius 3 is 2.24 bits per heavy atom. The molecule has 0 spiro atoms. The minimum absolute atomic E-state index is 0.0523. The Bertz CT molecular complexity index is 1370. The molecule has 6 nitrogen and oxygen atoms in total. The summed E-state index contributed by atoms with van der Waals surface area (Å²) in [5.74, 6) is -2.49. The van der Waals surface area contributed by atoms with Gasteiger partial charge in [0.05, 0.1) is 23.2 Å². The molecule has 0 unspecified atom stereocenters. The zero-order chi connectivity index (χ0) is 27.1. The van der Waals surface area contributed by atoms with Gasteiger partial charge in [0.15, 0.2) is 0 Å². The van der Waals surface area contributed by atoms with Crippen LogP contribution in [0.3, 0.4) is 0 Å². The zero-order valence-electron chi connectivity index (χ0n) is 20.4. The Morgan fingerprint density at radius 1 is 1.00 bits per heavy atom. The molecule has 1 aliphatic heterocycles. The van der Waals surface area contributed by atoms with Gasteiger partial charge in [-0.1, -0.05) is 45.0 Å². The molecule has 0 saturated heterocycles. The lowest BCUT2D eigenvalue weighted by Gasteiger charge is -2.28. The number of rotatable bonds is 4. The molecule has 194 valence electrons. The SMILES string of the molecule is CC(C)(C)c1ccc(C(=O)Nc2sc3c(c2C(=O)O)CCN(C(=O)c2ccccc2C(F)(F)F)C3)cc1. The van der Waals surface area contributed by atoms with Crippen LogP contribution in [0.5, 0.6) is 0 Å². The Hall–Kier alpha value is -3.66. The highest BCUT2D eigenvalue weighted by molar-refractivity contribution is 7.17. The van der Waals surface area contributed by atoms with Crippen molar-refractivity contribution in [3.63, 3.8) is 0 Å². The number of thiophene rings is 1. The summed E-state index contributed by atoms with van der Waals surface area (Å²) >= 11 is 1.02. The number of fused-ring (bicyclic) bond motifs is 1. The molecule has 37 heavy (non-hydrogen) atoms. The van der Waals surface area contributed by atoms with Gasteiger partial charge in [0.25, 0.3) is 11.8 Å². The van der Waals surface area contributed by atoms with E-state index < -0.39 is 35.1 Å². The van der Waals surface area contributed by atoms with Gasteiger partial charge in [-0.2, -0.15) is 13.2 Å². The van der Waals surface area contributed by atoms with Crippen molar-refractivity contribution in [2.45, 2.75) is 45.3 Å². The first-order chi connectivity index (χ1) is 17.3. The van der Waals surface area contributed by atoms with E-state index in [1.807, 2.05) is 32.9 Å². The first kappa shape index (κ1) is 26.4. The Kier molecular flexibility index (Phi) is 6.89. The average Bonchev–Trinajstić information content (AvgIpc) is 3.19. The second-order valence-electron chi connectivity index (χ2n) is 9.81. The largest absolute Gasteiger partial charge is 0.478 e. The number of hydrogen-bond acceptors (Lipinski definition) is 4. The Morgan fingerprint density at radius 2 is 1.65 bits per heavy atom. The zero-order valence-corrected chi connectivity index (χ0v) is 21.2. The van der Waals surface area contributed by atoms with E-state index in [9.17, 15) is 32.7 Å². The van der Waals surface area contributed by atoms with Gasteiger partial charge < -0.3 is 15.3 Å². The van der Waals surface area contributed by atoms with Crippen molar-refractivity contribution < 1.29 is 32.7 Å². The number of benzene rings is 2. The van der Waals surface area contributed by atoms with E-state index in [0.717, 1.165) is 29.0 Å². The lowest BCUT2D eigenvalue weighted by atomic mass is 9.87. The molecular formula is C27H25F3N2O4S. The van der Waals surface area contributed by atoms with Crippen molar-refractivity contribution >= 4 is 34.1 Å². The number of carboxylic acid groups (broad SMARTS) is 1. The summed E-state index contributed by atoms with van der Waals surface area (Å²) in [4.78, 5) is 39.7. The van der Waals surface area contributed by atoms with Crippen LogP contribution in [0, 0.1) is 0 Å². The summed E-state index contributed by atoms with van der Waals surface area (Å²) in [6.07, 6.45) is -4.54. The summed E-state index contributed by atoms with van der Waals surface area (Å²) in [6.45, 7) is 6.14. The Balaban J connectivity index is 1.59. The van der Waals surface area contributed by atoms with Crippen molar-refractivity contribution in [2.75, 3.05) is 11.9 Å². The molecule has 10 heteroatoms. The molecule has 0 aliphatic carbocycles. The van der Waals surface area contributed by atoms with E-state index >= 15 is 0 Å². The molecule has 4 rings (SSSR count). The summed E-state index contributed by atoms with van der Waals surface area (Å²) in [5, 5.41) is 12.7. The molecule has 0 bridgehead atoms. The molecular weight excluding hydrogens is 505 g/mol. The van der Waals surface area contributed by atoms with Gasteiger partial charge in [-0.15, -0.1) is 11.3 Å². The fraction of sp³-hybridized carbons (Fsp3) is 0.296. The molecule has 0 atom stereocenters. The van der Waals surface area contributed by atoms with Crippen LogP contribution >= 0.6 is 11.3 Å². The number of hydrogen-bond donors (Lipinski definition) is 2. The van der Waals surface area contributed by atoms with Crippen LogP contribution in [-0.4, -0.2) is 34.3 Å². The number of alkyl halides is 3. The molecule has 2 heterocycles. The number of nitrogens with one attached hydrogen (secondary N) is 1. The lowest BCUT2D eigenvalue weighted by Crippen LogP contribution is -2.36. The van der Waals surface area contributed by atoms with Crippen LogP contribution in [0.2, 0.25) is 0 Å². The third-order valence-electron chi connectivity index (χ3n) is 6.26. The molecule has 0 radical (unpaired) electrons. The van der Waals surface area contributed by atoms with Crippen molar-refractivity contribution in [1.82, 2.24) is 4.90 Å². The fourth-order valence-corrected chi connectivity index (χ4v) is 5.53. The number of carbonyl (C=O) groups is 3. The smallest absolute Gasteiger partial charge is 0.417 e. The topological polar surface area (TPSA) is 86.7 Å². The molecule has 0 saturated carbocycles. The number of carboxylic acids is 1. The van der Waals surface area contributed by atoms with E-state index in [-0.39, 0.29) is 35.5 Å². The van der Waals surface area contributed by atoms with E-state index in [4.69, 9.17) is 0 Å². The van der Waals surface area contributed by atoms with E-state index in [2.05, 4.69) is 5.32 Å². The van der Waals surface area contributed by atoms with Gasteiger partial charge in [-0.05, 0) is 47.2 Å². The van der Waals surface area contributed by atoms with Crippen molar-refractivity contribution in [2.24, 2.45) is 0 Å². The molecule has 1 aromatic heterocycles. The van der Waals surface area contributed by atoms with Gasteiger partial charge in [0, 0.05) is 17.0 Å². The van der Waals surface area contributed by atoms with Crippen LogP contribution < -0.4 is 5.32 Å². The number of anilines is 1. The standard InChI is InChI=1S/C27H25F3N2O4S/c1-26(2,3)16-10-8-15(9-11-16)22(33)31-23-21(25(35)36)18-12-13-32(14-20(18)37-23)24(34)17-6-4-5-7-19(17)27(28,29)30/h4-11H,12-14H2,1-3H3,(H,31,33)(H,35,36). The number of nitrogens with zero attached hydrogens (tertiary/aromatic N) is 1. The molecule has 1 aliphatic rings. The minimum Gasteiger partial charge on any atom is -0.478 e. The van der Waals surface area contributed by atoms with Crippen LogP contribution in [0.25, 0.3) is 0 Å². The maximum atomic E-state index is 13.4. The molecule has 0 fully saturated rings. The maximum Gasteiger partial charge on any atom is 0.417 e. The van der Waals surface area contributed by atoms with Gasteiger partial charge >= 0.3 is 12.1 Å². The van der Waals surface area contributed by atoms with E-state index in [0.29, 0.717) is 16.0 Å². The first-order valence-electron chi connectivity index (χ1n) is 11.5. The summed E-state index contributed by atoms with van der Waals surface area (Å²) in [5.41, 5.74) is 0.248. The lowest BCUT2D eigenvalue weighted by molar-refractivity contribution is -0.138. The van der Waals surface area contributed by atoms with Gasteiger partial charge in [-0.25, -0.2) is 4.79 Å².